The minimum Gasteiger partial charge on any atom is -0.228 e. The van der Waals surface area contributed by atoms with E-state index >= 15 is 0 Å². The van der Waals surface area contributed by atoms with E-state index in [1.54, 1.807) is 13.8 Å². The fraction of sp³-hybridized carbons (Fsp3) is 1.00. The van der Waals surface area contributed by atoms with Crippen molar-refractivity contribution in [1.82, 2.24) is 0 Å². The third-order valence-corrected chi connectivity index (χ3v) is 3.65. The van der Waals surface area contributed by atoms with Gasteiger partial charge in [-0.25, -0.2) is 13.6 Å². The summed E-state index contributed by atoms with van der Waals surface area (Å²) in [6.07, 6.45) is 2.55. The molecule has 3 nitrogen and oxygen atoms in total. The van der Waals surface area contributed by atoms with Crippen LogP contribution in [0.15, 0.2) is 0 Å². The van der Waals surface area contributed by atoms with Gasteiger partial charge in [0.15, 0.2) is 0 Å². The number of hydrogen-bond donors (Lipinski definition) is 1. The molecule has 0 saturated carbocycles. The molecule has 0 spiro atoms. The highest BCUT2D eigenvalue weighted by Gasteiger charge is 2.29. The summed E-state index contributed by atoms with van der Waals surface area (Å²) in [6, 6.07) is 0. The van der Waals surface area contributed by atoms with Gasteiger partial charge in [0.25, 0.3) is 0 Å². The van der Waals surface area contributed by atoms with E-state index in [4.69, 9.17) is 5.14 Å². The lowest BCUT2D eigenvalue weighted by Crippen LogP contribution is -2.37. The molecule has 0 amide bonds. The van der Waals surface area contributed by atoms with Gasteiger partial charge in [0.05, 0.1) is 4.75 Å². The quantitative estimate of drug-likeness (QED) is 0.706. The van der Waals surface area contributed by atoms with Crippen LogP contribution in [0.1, 0.15) is 40.0 Å². The van der Waals surface area contributed by atoms with E-state index in [0.717, 1.165) is 12.8 Å². The maximum atomic E-state index is 10.9. The molecule has 4 heteroatoms. The largest absolute Gasteiger partial charge is 0.228 e. The molecule has 0 atom stereocenters. The number of primary sulfonamides is 1. The summed E-state index contributed by atoms with van der Waals surface area (Å²) in [6.45, 7) is 5.36. The zero-order valence-corrected chi connectivity index (χ0v) is 8.24. The molecule has 0 aliphatic rings. The van der Waals surface area contributed by atoms with E-state index in [1.165, 1.54) is 0 Å². The molecule has 0 heterocycles. The van der Waals surface area contributed by atoms with Crippen LogP contribution in [-0.2, 0) is 10.0 Å². The molecule has 0 bridgehead atoms. The molecular formula is C7H17NO2S. The van der Waals surface area contributed by atoms with Gasteiger partial charge >= 0.3 is 0 Å². The van der Waals surface area contributed by atoms with Crippen LogP contribution in [0.25, 0.3) is 0 Å². The highest BCUT2D eigenvalue weighted by atomic mass is 32.2. The molecule has 0 rings (SSSR count). The van der Waals surface area contributed by atoms with Crippen molar-refractivity contribution in [1.29, 1.82) is 0 Å². The fourth-order valence-corrected chi connectivity index (χ4v) is 1.17. The van der Waals surface area contributed by atoms with Crippen molar-refractivity contribution >= 4 is 10.0 Å². The van der Waals surface area contributed by atoms with Gasteiger partial charge in [0, 0.05) is 0 Å². The second-order valence-corrected chi connectivity index (χ2v) is 5.60. The van der Waals surface area contributed by atoms with Gasteiger partial charge in [-0.2, -0.15) is 0 Å². The van der Waals surface area contributed by atoms with Gasteiger partial charge in [-0.1, -0.05) is 19.8 Å². The Morgan fingerprint density at radius 3 is 2.09 bits per heavy atom. The lowest BCUT2D eigenvalue weighted by molar-refractivity contribution is 0.514. The molecule has 0 aliphatic carbocycles. The van der Waals surface area contributed by atoms with Crippen molar-refractivity contribution in [2.75, 3.05) is 0 Å². The number of sulfonamides is 1. The molecule has 2 N–H and O–H groups in total. The van der Waals surface area contributed by atoms with Crippen molar-refractivity contribution < 1.29 is 8.42 Å². The van der Waals surface area contributed by atoms with Crippen molar-refractivity contribution in [2.24, 2.45) is 5.14 Å². The number of hydrogen-bond acceptors (Lipinski definition) is 2. The number of rotatable bonds is 4. The van der Waals surface area contributed by atoms with Gasteiger partial charge in [-0.3, -0.25) is 0 Å². The maximum Gasteiger partial charge on any atom is 0.214 e. The van der Waals surface area contributed by atoms with Crippen molar-refractivity contribution in [3.05, 3.63) is 0 Å². The van der Waals surface area contributed by atoms with Gasteiger partial charge < -0.3 is 0 Å². The summed E-state index contributed by atoms with van der Waals surface area (Å²) in [4.78, 5) is 0. The average Bonchev–Trinajstić information content (AvgIpc) is 1.81. The Morgan fingerprint density at radius 2 is 1.82 bits per heavy atom. The molecule has 0 radical (unpaired) electrons. The molecule has 0 aromatic heterocycles. The second-order valence-electron chi connectivity index (χ2n) is 3.41. The summed E-state index contributed by atoms with van der Waals surface area (Å²) in [7, 11) is -3.37. The normalized spacial score (nSPS) is 13.5. The molecule has 0 aromatic rings. The molecule has 0 saturated heterocycles. The van der Waals surface area contributed by atoms with Gasteiger partial charge in [-0.15, -0.1) is 0 Å². The van der Waals surface area contributed by atoms with Crippen LogP contribution in [-0.4, -0.2) is 13.2 Å². The average molecular weight is 179 g/mol. The first-order valence-corrected chi connectivity index (χ1v) is 5.38. The summed E-state index contributed by atoms with van der Waals surface area (Å²) in [5, 5.41) is 5.03. The second kappa shape index (κ2) is 3.54. The topological polar surface area (TPSA) is 60.2 Å². The van der Waals surface area contributed by atoms with E-state index in [9.17, 15) is 8.42 Å². The Morgan fingerprint density at radius 1 is 1.36 bits per heavy atom. The molecule has 0 aromatic carbocycles. The lowest BCUT2D eigenvalue weighted by atomic mass is 10.1. The van der Waals surface area contributed by atoms with E-state index in [-0.39, 0.29) is 0 Å². The standard InChI is InChI=1S/C7H17NO2S/c1-4-5-6-7(2,3)11(8,9)10/h4-6H2,1-3H3,(H2,8,9,10). The predicted octanol–water partition coefficient (Wildman–Crippen LogP) is 1.24. The van der Waals surface area contributed by atoms with Crippen LogP contribution >= 0.6 is 0 Å². The molecule has 11 heavy (non-hydrogen) atoms. The summed E-state index contributed by atoms with van der Waals surface area (Å²) in [5.74, 6) is 0. The third-order valence-electron chi connectivity index (χ3n) is 1.90. The van der Waals surface area contributed by atoms with Gasteiger partial charge in [0.2, 0.25) is 10.0 Å². The van der Waals surface area contributed by atoms with Crippen molar-refractivity contribution in [2.45, 2.75) is 44.8 Å². The van der Waals surface area contributed by atoms with Crippen LogP contribution in [0, 0.1) is 0 Å². The molecule has 68 valence electrons. The van der Waals surface area contributed by atoms with Gasteiger partial charge in [0.1, 0.15) is 0 Å². The minimum absolute atomic E-state index is 0.641. The Balaban J connectivity index is 4.24. The van der Waals surface area contributed by atoms with Crippen LogP contribution in [0.4, 0.5) is 0 Å². The smallest absolute Gasteiger partial charge is 0.214 e. The maximum absolute atomic E-state index is 10.9. The monoisotopic (exact) mass is 179 g/mol. The Hall–Kier alpha value is -0.0900. The van der Waals surface area contributed by atoms with Crippen molar-refractivity contribution in [3.63, 3.8) is 0 Å². The van der Waals surface area contributed by atoms with E-state index in [0.29, 0.717) is 6.42 Å². The zero-order valence-electron chi connectivity index (χ0n) is 7.42. The SMILES string of the molecule is CCCCC(C)(C)S(N)(=O)=O. The first-order valence-electron chi connectivity index (χ1n) is 3.83. The van der Waals surface area contributed by atoms with E-state index in [2.05, 4.69) is 0 Å². The third kappa shape index (κ3) is 3.20. The fourth-order valence-electron chi connectivity index (χ4n) is 0.745. The Bertz CT molecular complexity index is 206. The summed E-state index contributed by atoms with van der Waals surface area (Å²) >= 11 is 0. The van der Waals surface area contributed by atoms with Crippen molar-refractivity contribution in [3.8, 4) is 0 Å². The zero-order chi connectivity index (χ0) is 9.12. The van der Waals surface area contributed by atoms with E-state index in [1.807, 2.05) is 6.92 Å². The molecular weight excluding hydrogens is 162 g/mol. The summed E-state index contributed by atoms with van der Waals surface area (Å²) < 4.78 is 21.1. The van der Waals surface area contributed by atoms with Crippen LogP contribution in [0.5, 0.6) is 0 Å². The first-order chi connectivity index (χ1) is 4.81. The molecule has 0 aliphatic heterocycles. The number of nitrogens with two attached hydrogens (primary N) is 1. The Kier molecular flexibility index (Phi) is 3.51. The number of unbranched alkanes of at least 4 members (excludes halogenated alkanes) is 1. The Labute approximate surface area is 69.0 Å². The van der Waals surface area contributed by atoms with Gasteiger partial charge in [-0.05, 0) is 20.3 Å². The lowest BCUT2D eigenvalue weighted by Gasteiger charge is -2.20. The highest BCUT2D eigenvalue weighted by molar-refractivity contribution is 7.90. The minimum atomic E-state index is -3.37. The first kappa shape index (κ1) is 10.9. The van der Waals surface area contributed by atoms with E-state index < -0.39 is 14.8 Å². The molecule has 0 fully saturated rings. The van der Waals surface area contributed by atoms with Crippen LogP contribution in [0.3, 0.4) is 0 Å². The van der Waals surface area contributed by atoms with Crippen LogP contribution in [0.2, 0.25) is 0 Å². The summed E-state index contributed by atoms with van der Waals surface area (Å²) in [5.41, 5.74) is 0. The predicted molar refractivity (Wildman–Crippen MR) is 46.7 cm³/mol. The van der Waals surface area contributed by atoms with Crippen LogP contribution < -0.4 is 5.14 Å². The highest BCUT2D eigenvalue weighted by Crippen LogP contribution is 2.20. The molecule has 0 unspecified atom stereocenters.